The number of rotatable bonds is 8. The number of hydrogen-bond acceptors (Lipinski definition) is 3. The zero-order chi connectivity index (χ0) is 17.3. The van der Waals surface area contributed by atoms with Crippen LogP contribution >= 0.6 is 0 Å². The normalized spacial score (nSPS) is 14.1. The highest BCUT2D eigenvalue weighted by molar-refractivity contribution is 5.68. The van der Waals surface area contributed by atoms with Crippen molar-refractivity contribution in [3.05, 3.63) is 35.9 Å². The highest BCUT2D eigenvalue weighted by Crippen LogP contribution is 2.15. The monoisotopic (exact) mass is 320 g/mol. The van der Waals surface area contributed by atoms with Crippen molar-refractivity contribution in [3.8, 4) is 0 Å². The number of carbonyl (C=O) groups is 1. The van der Waals surface area contributed by atoms with E-state index in [4.69, 9.17) is 4.74 Å². The second kappa shape index (κ2) is 8.92. The highest BCUT2D eigenvalue weighted by atomic mass is 16.6. The van der Waals surface area contributed by atoms with Gasteiger partial charge in [0, 0.05) is 13.1 Å². The van der Waals surface area contributed by atoms with E-state index in [1.54, 1.807) is 0 Å². The van der Waals surface area contributed by atoms with Gasteiger partial charge in [-0.15, -0.1) is 0 Å². The fraction of sp³-hybridized carbons (Fsp3) is 0.632. The Balaban J connectivity index is 2.56. The van der Waals surface area contributed by atoms with Crippen LogP contribution in [0.25, 0.3) is 0 Å². The SMILES string of the molecule is CCCCC(C)(CNCc1ccccc1)NC(=O)OC(C)(C)C. The van der Waals surface area contributed by atoms with Gasteiger partial charge in [-0.1, -0.05) is 50.1 Å². The number of hydrogen-bond donors (Lipinski definition) is 2. The summed E-state index contributed by atoms with van der Waals surface area (Å²) in [7, 11) is 0. The number of ether oxygens (including phenoxy) is 1. The minimum atomic E-state index is -0.479. The summed E-state index contributed by atoms with van der Waals surface area (Å²) in [5.41, 5.74) is 0.447. The predicted octanol–water partition coefficient (Wildman–Crippen LogP) is 4.25. The lowest BCUT2D eigenvalue weighted by atomic mass is 9.95. The molecule has 1 atom stereocenters. The second-order valence-electron chi connectivity index (χ2n) is 7.38. The minimum absolute atomic E-state index is 0.312. The largest absolute Gasteiger partial charge is 0.444 e. The Hall–Kier alpha value is -1.55. The third-order valence-electron chi connectivity index (χ3n) is 3.57. The van der Waals surface area contributed by atoms with Crippen molar-refractivity contribution in [2.24, 2.45) is 0 Å². The number of carbonyl (C=O) groups excluding carboxylic acids is 1. The smallest absolute Gasteiger partial charge is 0.408 e. The third-order valence-corrected chi connectivity index (χ3v) is 3.57. The van der Waals surface area contributed by atoms with Gasteiger partial charge in [-0.3, -0.25) is 0 Å². The molecule has 1 rings (SSSR count). The van der Waals surface area contributed by atoms with E-state index in [1.165, 1.54) is 5.56 Å². The molecule has 0 spiro atoms. The van der Waals surface area contributed by atoms with Crippen LogP contribution in [0.15, 0.2) is 30.3 Å². The Morgan fingerprint density at radius 3 is 2.35 bits per heavy atom. The summed E-state index contributed by atoms with van der Waals surface area (Å²) in [5, 5.41) is 6.50. The summed E-state index contributed by atoms with van der Waals surface area (Å²) in [5.74, 6) is 0. The zero-order valence-electron chi connectivity index (χ0n) is 15.2. The molecule has 0 aliphatic heterocycles. The maximum absolute atomic E-state index is 12.1. The van der Waals surface area contributed by atoms with Crippen LogP contribution in [0.1, 0.15) is 59.4 Å². The van der Waals surface area contributed by atoms with E-state index in [2.05, 4.69) is 36.6 Å². The van der Waals surface area contributed by atoms with Crippen LogP contribution in [-0.2, 0) is 11.3 Å². The van der Waals surface area contributed by atoms with Gasteiger partial charge in [-0.05, 0) is 39.7 Å². The molecule has 0 aromatic heterocycles. The lowest BCUT2D eigenvalue weighted by Crippen LogP contribution is -2.53. The Bertz CT molecular complexity index is 468. The van der Waals surface area contributed by atoms with E-state index in [0.29, 0.717) is 6.54 Å². The van der Waals surface area contributed by atoms with Crippen LogP contribution in [0.3, 0.4) is 0 Å². The molecule has 0 bridgehead atoms. The molecule has 1 amide bonds. The predicted molar refractivity (Wildman–Crippen MR) is 95.4 cm³/mol. The molecule has 2 N–H and O–H groups in total. The molecule has 130 valence electrons. The minimum Gasteiger partial charge on any atom is -0.444 e. The fourth-order valence-electron chi connectivity index (χ4n) is 2.39. The third kappa shape index (κ3) is 8.60. The first kappa shape index (κ1) is 19.5. The van der Waals surface area contributed by atoms with Gasteiger partial charge in [0.2, 0.25) is 0 Å². The molecule has 4 nitrogen and oxygen atoms in total. The van der Waals surface area contributed by atoms with Gasteiger partial charge in [-0.2, -0.15) is 0 Å². The topological polar surface area (TPSA) is 50.4 Å². The summed E-state index contributed by atoms with van der Waals surface area (Å²) < 4.78 is 5.40. The molecule has 0 radical (unpaired) electrons. The average molecular weight is 320 g/mol. The van der Waals surface area contributed by atoms with Crippen LogP contribution in [-0.4, -0.2) is 23.8 Å². The first-order valence-corrected chi connectivity index (χ1v) is 8.50. The first-order chi connectivity index (χ1) is 10.7. The van der Waals surface area contributed by atoms with Crippen molar-refractivity contribution >= 4 is 6.09 Å². The van der Waals surface area contributed by atoms with E-state index >= 15 is 0 Å². The van der Waals surface area contributed by atoms with Crippen LogP contribution in [0, 0.1) is 0 Å². The van der Waals surface area contributed by atoms with Gasteiger partial charge in [0.25, 0.3) is 0 Å². The van der Waals surface area contributed by atoms with Gasteiger partial charge < -0.3 is 15.4 Å². The Morgan fingerprint density at radius 1 is 1.13 bits per heavy atom. The van der Waals surface area contributed by atoms with Crippen molar-refractivity contribution in [2.75, 3.05) is 6.54 Å². The van der Waals surface area contributed by atoms with Crippen molar-refractivity contribution < 1.29 is 9.53 Å². The lowest BCUT2D eigenvalue weighted by Gasteiger charge is -2.32. The van der Waals surface area contributed by atoms with Gasteiger partial charge in [0.05, 0.1) is 5.54 Å². The summed E-state index contributed by atoms with van der Waals surface area (Å²) in [4.78, 5) is 12.1. The molecular formula is C19H32N2O2. The maximum atomic E-state index is 12.1. The number of alkyl carbamates (subject to hydrolysis) is 1. The lowest BCUT2D eigenvalue weighted by molar-refractivity contribution is 0.0456. The molecule has 0 aliphatic carbocycles. The molecule has 23 heavy (non-hydrogen) atoms. The standard InChI is InChI=1S/C19H32N2O2/c1-6-7-13-19(5,21-17(22)23-18(2,3)4)15-20-14-16-11-9-8-10-12-16/h8-12,20H,6-7,13-15H2,1-5H3,(H,21,22). The van der Waals surface area contributed by atoms with Crippen LogP contribution in [0.2, 0.25) is 0 Å². The molecule has 0 saturated carbocycles. The second-order valence-corrected chi connectivity index (χ2v) is 7.38. The molecule has 0 saturated heterocycles. The molecule has 0 fully saturated rings. The van der Waals surface area contributed by atoms with Gasteiger partial charge in [0.1, 0.15) is 5.60 Å². The first-order valence-electron chi connectivity index (χ1n) is 8.50. The quantitative estimate of drug-likeness (QED) is 0.753. The molecule has 0 aliphatic rings. The molecule has 0 heterocycles. The summed E-state index contributed by atoms with van der Waals surface area (Å²) in [6.45, 7) is 11.4. The Kier molecular flexibility index (Phi) is 7.56. The van der Waals surface area contributed by atoms with Gasteiger partial charge in [-0.25, -0.2) is 4.79 Å². The van der Waals surface area contributed by atoms with Crippen molar-refractivity contribution in [3.63, 3.8) is 0 Å². The van der Waals surface area contributed by atoms with Crippen LogP contribution in [0.5, 0.6) is 0 Å². The Morgan fingerprint density at radius 2 is 1.78 bits per heavy atom. The van der Waals surface area contributed by atoms with E-state index in [0.717, 1.165) is 25.8 Å². The fourth-order valence-corrected chi connectivity index (χ4v) is 2.39. The molecule has 1 unspecified atom stereocenters. The number of nitrogens with one attached hydrogen (secondary N) is 2. The van der Waals surface area contributed by atoms with Gasteiger partial charge >= 0.3 is 6.09 Å². The molecule has 1 aromatic rings. The summed E-state index contributed by atoms with van der Waals surface area (Å²) in [6.07, 6.45) is 2.74. The summed E-state index contributed by atoms with van der Waals surface area (Å²) >= 11 is 0. The summed E-state index contributed by atoms with van der Waals surface area (Å²) in [6, 6.07) is 10.3. The Labute approximate surface area is 141 Å². The average Bonchev–Trinajstić information content (AvgIpc) is 2.44. The number of amides is 1. The van der Waals surface area contributed by atoms with Crippen molar-refractivity contribution in [1.29, 1.82) is 0 Å². The van der Waals surface area contributed by atoms with Crippen molar-refractivity contribution in [2.45, 2.75) is 71.6 Å². The van der Waals surface area contributed by atoms with E-state index in [9.17, 15) is 4.79 Å². The van der Waals surface area contributed by atoms with Gasteiger partial charge in [0.15, 0.2) is 0 Å². The molecule has 1 aromatic carbocycles. The maximum Gasteiger partial charge on any atom is 0.408 e. The van der Waals surface area contributed by atoms with Crippen LogP contribution in [0.4, 0.5) is 4.79 Å². The van der Waals surface area contributed by atoms with E-state index in [1.807, 2.05) is 39.0 Å². The van der Waals surface area contributed by atoms with E-state index in [-0.39, 0.29) is 11.6 Å². The molecular weight excluding hydrogens is 288 g/mol. The highest BCUT2D eigenvalue weighted by Gasteiger charge is 2.28. The van der Waals surface area contributed by atoms with Crippen LogP contribution < -0.4 is 10.6 Å². The van der Waals surface area contributed by atoms with E-state index < -0.39 is 5.60 Å². The molecule has 4 heteroatoms. The number of benzene rings is 1. The van der Waals surface area contributed by atoms with Crippen molar-refractivity contribution in [1.82, 2.24) is 10.6 Å². The number of unbranched alkanes of at least 4 members (excludes halogenated alkanes) is 1. The zero-order valence-corrected chi connectivity index (χ0v) is 15.2.